The third kappa shape index (κ3) is 5.95. The van der Waals surface area contributed by atoms with Crippen molar-refractivity contribution < 1.29 is 22.7 Å². The lowest BCUT2D eigenvalue weighted by molar-refractivity contribution is -0.137. The molecule has 4 aromatic rings. The highest BCUT2D eigenvalue weighted by Crippen LogP contribution is 2.39. The predicted octanol–water partition coefficient (Wildman–Crippen LogP) is 5.72. The van der Waals surface area contributed by atoms with Gasteiger partial charge in [0.25, 0.3) is 0 Å². The Bertz CT molecular complexity index is 1510. The summed E-state index contributed by atoms with van der Waals surface area (Å²) < 4.78 is 51.5. The number of carbonyl (C=O) groups excluding carboxylic acids is 1. The highest BCUT2D eigenvalue weighted by molar-refractivity contribution is 7.09. The number of halogens is 3. The Hall–Kier alpha value is -3.81. The van der Waals surface area contributed by atoms with E-state index >= 15 is 0 Å². The normalized spacial score (nSPS) is 17.9. The van der Waals surface area contributed by atoms with Crippen LogP contribution in [0, 0.1) is 6.92 Å². The molecule has 10 nitrogen and oxygen atoms in total. The lowest BCUT2D eigenvalue weighted by Gasteiger charge is -2.25. The Morgan fingerprint density at radius 2 is 1.90 bits per heavy atom. The molecule has 1 saturated carbocycles. The first kappa shape index (κ1) is 26.8. The zero-order valence-corrected chi connectivity index (χ0v) is 22.5. The number of hydrogen-bond donors (Lipinski definition) is 3. The van der Waals surface area contributed by atoms with Crippen molar-refractivity contribution in [2.24, 2.45) is 0 Å². The summed E-state index contributed by atoms with van der Waals surface area (Å²) in [6.07, 6.45) is -0.805. The minimum Gasteiger partial charge on any atom is -0.444 e. The van der Waals surface area contributed by atoms with Crippen LogP contribution in [0.25, 0.3) is 33.0 Å². The number of aromatic nitrogens is 6. The smallest absolute Gasteiger partial charge is 0.419 e. The molecule has 1 fully saturated rings. The average Bonchev–Trinajstić information content (AvgIpc) is 3.57. The van der Waals surface area contributed by atoms with Gasteiger partial charge in [-0.1, -0.05) is 0 Å². The highest BCUT2D eigenvalue weighted by Gasteiger charge is 2.37. The largest absolute Gasteiger partial charge is 0.444 e. The molecule has 1 aliphatic rings. The van der Waals surface area contributed by atoms with Crippen molar-refractivity contribution in [1.82, 2.24) is 34.6 Å². The molecule has 0 saturated heterocycles. The van der Waals surface area contributed by atoms with Crippen LogP contribution in [0.5, 0.6) is 0 Å². The minimum absolute atomic E-state index is 0.0316. The molecule has 4 aromatic heterocycles. The lowest BCUT2D eigenvalue weighted by Crippen LogP contribution is -2.45. The van der Waals surface area contributed by atoms with Crippen molar-refractivity contribution in [1.29, 1.82) is 0 Å². The number of nitrogens with zero attached hydrogens (tertiary/aromatic N) is 5. The maximum atomic E-state index is 14.0. The van der Waals surface area contributed by atoms with Crippen LogP contribution in [0.4, 0.5) is 23.9 Å². The SMILES string of the molecule is Cc1nsc(-c2ccc3c(-c4nc(N[C@H]5CCC[C@@H]5NC(=O)OC(C)(C)C)ncc4C(F)(F)F)c[nH]c3n2)n1. The molecule has 0 bridgehead atoms. The van der Waals surface area contributed by atoms with Crippen molar-refractivity contribution in [2.45, 2.75) is 70.8 Å². The van der Waals surface area contributed by atoms with E-state index in [-0.39, 0.29) is 29.3 Å². The fraction of sp³-hybridized carbons (Fsp3) is 0.440. The van der Waals surface area contributed by atoms with Gasteiger partial charge < -0.3 is 20.4 Å². The number of pyridine rings is 1. The number of amides is 1. The topological polar surface area (TPSA) is 131 Å². The van der Waals surface area contributed by atoms with Crippen LogP contribution < -0.4 is 10.6 Å². The molecule has 0 unspecified atom stereocenters. The third-order valence-electron chi connectivity index (χ3n) is 6.17. The van der Waals surface area contributed by atoms with E-state index in [1.54, 1.807) is 39.8 Å². The number of anilines is 1. The molecule has 3 N–H and O–H groups in total. The number of hydrogen-bond acceptors (Lipinski definition) is 9. The molecule has 0 aliphatic heterocycles. The fourth-order valence-corrected chi connectivity index (χ4v) is 5.15. The number of rotatable bonds is 5. The van der Waals surface area contributed by atoms with Crippen LogP contribution in [0.15, 0.2) is 24.5 Å². The molecule has 1 amide bonds. The zero-order chi connectivity index (χ0) is 27.9. The Morgan fingerprint density at radius 3 is 2.59 bits per heavy atom. The molecule has 4 heterocycles. The summed E-state index contributed by atoms with van der Waals surface area (Å²) in [7, 11) is 0. The number of aryl methyl sites for hydroxylation is 1. The van der Waals surface area contributed by atoms with E-state index in [2.05, 4.69) is 39.9 Å². The van der Waals surface area contributed by atoms with Gasteiger partial charge in [-0.15, -0.1) is 0 Å². The lowest BCUT2D eigenvalue weighted by atomic mass is 10.1. The summed E-state index contributed by atoms with van der Waals surface area (Å²) in [6.45, 7) is 7.08. The van der Waals surface area contributed by atoms with Gasteiger partial charge in [0, 0.05) is 29.4 Å². The van der Waals surface area contributed by atoms with Crippen molar-refractivity contribution in [2.75, 3.05) is 5.32 Å². The van der Waals surface area contributed by atoms with Gasteiger partial charge in [-0.3, -0.25) is 0 Å². The van der Waals surface area contributed by atoms with E-state index in [0.29, 0.717) is 40.4 Å². The molecule has 39 heavy (non-hydrogen) atoms. The second kappa shape index (κ2) is 10.1. The molecule has 2 atom stereocenters. The highest BCUT2D eigenvalue weighted by atomic mass is 32.1. The van der Waals surface area contributed by atoms with Gasteiger partial charge in [-0.25, -0.2) is 24.7 Å². The van der Waals surface area contributed by atoms with E-state index in [1.807, 2.05) is 0 Å². The van der Waals surface area contributed by atoms with Gasteiger partial charge in [0.2, 0.25) is 5.95 Å². The van der Waals surface area contributed by atoms with Gasteiger partial charge in [-0.2, -0.15) is 17.5 Å². The van der Waals surface area contributed by atoms with E-state index in [4.69, 9.17) is 4.74 Å². The maximum absolute atomic E-state index is 14.0. The molecule has 0 spiro atoms. The van der Waals surface area contributed by atoms with Crippen LogP contribution >= 0.6 is 11.5 Å². The number of fused-ring (bicyclic) bond motifs is 1. The molecule has 1 aliphatic carbocycles. The average molecular weight is 561 g/mol. The fourth-order valence-electron chi connectivity index (χ4n) is 4.52. The molecular weight excluding hydrogens is 533 g/mol. The van der Waals surface area contributed by atoms with Crippen LogP contribution in [0.1, 0.15) is 51.4 Å². The number of ether oxygens (including phenoxy) is 1. The number of alkyl carbamates (subject to hydrolysis) is 1. The summed E-state index contributed by atoms with van der Waals surface area (Å²) in [6, 6.07) is 2.82. The minimum atomic E-state index is -4.68. The van der Waals surface area contributed by atoms with Gasteiger partial charge >= 0.3 is 12.3 Å². The molecular formula is C25H27F3N8O2S. The van der Waals surface area contributed by atoms with Gasteiger partial charge in [0.15, 0.2) is 5.01 Å². The van der Waals surface area contributed by atoms with Crippen molar-refractivity contribution in [3.8, 4) is 22.0 Å². The summed E-state index contributed by atoms with van der Waals surface area (Å²) in [5.74, 6) is 0.648. The molecule has 5 rings (SSSR count). The quantitative estimate of drug-likeness (QED) is 0.282. The van der Waals surface area contributed by atoms with Gasteiger partial charge in [-0.05, 0) is 70.6 Å². The van der Waals surface area contributed by atoms with Crippen molar-refractivity contribution >= 4 is 34.6 Å². The van der Waals surface area contributed by atoms with Crippen LogP contribution in [0.2, 0.25) is 0 Å². The van der Waals surface area contributed by atoms with Crippen molar-refractivity contribution in [3.05, 3.63) is 35.9 Å². The maximum Gasteiger partial charge on any atom is 0.419 e. The van der Waals surface area contributed by atoms with E-state index < -0.39 is 23.4 Å². The van der Waals surface area contributed by atoms with E-state index in [1.165, 1.54) is 17.7 Å². The van der Waals surface area contributed by atoms with E-state index in [0.717, 1.165) is 12.6 Å². The summed E-state index contributed by atoms with van der Waals surface area (Å²) in [4.78, 5) is 32.3. The Kier molecular flexibility index (Phi) is 6.91. The first-order valence-corrected chi connectivity index (χ1v) is 13.1. The summed E-state index contributed by atoms with van der Waals surface area (Å²) in [5, 5.41) is 7.05. The molecule has 0 aromatic carbocycles. The second-order valence-electron chi connectivity index (χ2n) is 10.3. The molecule has 206 valence electrons. The number of H-pyrrole nitrogens is 1. The summed E-state index contributed by atoms with van der Waals surface area (Å²) >= 11 is 1.19. The summed E-state index contributed by atoms with van der Waals surface area (Å²) in [5.41, 5.74) is -0.691. The number of aromatic amines is 1. The Balaban J connectivity index is 1.45. The van der Waals surface area contributed by atoms with E-state index in [9.17, 15) is 18.0 Å². The Labute approximate surface area is 226 Å². The monoisotopic (exact) mass is 560 g/mol. The van der Waals surface area contributed by atoms with Crippen molar-refractivity contribution in [3.63, 3.8) is 0 Å². The first-order chi connectivity index (χ1) is 18.4. The standard InChI is InChI=1S/C25H27F3N8O2S/c1-12-31-21(39-36-12)18-9-8-13-14(10-29-20(13)32-18)19-15(25(26,27)28)11-30-22(35-19)33-16-6-5-7-17(16)34-23(37)38-24(2,3)4/h8-11,16-17H,5-7H2,1-4H3,(H,29,32)(H,34,37)(H,30,33,35)/t16-,17-/m0/s1. The van der Waals surface area contributed by atoms with Crippen LogP contribution in [-0.2, 0) is 10.9 Å². The molecule has 14 heteroatoms. The van der Waals surface area contributed by atoms with Gasteiger partial charge in [0.05, 0.1) is 11.7 Å². The van der Waals surface area contributed by atoms with Crippen LogP contribution in [0.3, 0.4) is 0 Å². The number of alkyl halides is 3. The predicted molar refractivity (Wildman–Crippen MR) is 140 cm³/mol. The Morgan fingerprint density at radius 1 is 1.13 bits per heavy atom. The number of nitrogens with one attached hydrogen (secondary N) is 3. The van der Waals surface area contributed by atoms with Gasteiger partial charge in [0.1, 0.15) is 28.3 Å². The zero-order valence-electron chi connectivity index (χ0n) is 21.7. The second-order valence-corrected chi connectivity index (χ2v) is 11.1. The van der Waals surface area contributed by atoms with Crippen LogP contribution in [-0.4, -0.2) is 53.1 Å². The third-order valence-corrected chi connectivity index (χ3v) is 7.00. The first-order valence-electron chi connectivity index (χ1n) is 12.4. The number of carbonyl (C=O) groups is 1. The molecule has 0 radical (unpaired) electrons.